The third kappa shape index (κ3) is 5.29. The second kappa shape index (κ2) is 10.7. The molecule has 2 amide bonds. The average Bonchev–Trinajstić information content (AvgIpc) is 3.35. The number of nitrogens with one attached hydrogen (secondary N) is 3. The van der Waals surface area contributed by atoms with Crippen LogP contribution in [-0.2, 0) is 0 Å². The van der Waals surface area contributed by atoms with Gasteiger partial charge in [-0.15, -0.1) is 0 Å². The van der Waals surface area contributed by atoms with Crippen molar-refractivity contribution in [2.45, 2.75) is 31.8 Å². The van der Waals surface area contributed by atoms with Crippen LogP contribution in [0.3, 0.4) is 0 Å². The number of aryl methyl sites for hydroxylation is 1. The minimum atomic E-state index is -0.526. The molecule has 3 aromatic heterocycles. The Hall–Kier alpha value is -4.09. The summed E-state index contributed by atoms with van der Waals surface area (Å²) in [5, 5.41) is 22.6. The van der Waals surface area contributed by atoms with Gasteiger partial charge in [-0.05, 0) is 74.8 Å². The first-order valence-electron chi connectivity index (χ1n) is 12.4. The number of anilines is 1. The summed E-state index contributed by atoms with van der Waals surface area (Å²) >= 11 is 0. The molecule has 0 spiro atoms. The number of carbonyl (C=O) groups excluding carboxylic acids is 1. The number of hydrogen-bond donors (Lipinski definition) is 4. The van der Waals surface area contributed by atoms with Crippen LogP contribution in [0.1, 0.15) is 18.4 Å². The predicted octanol–water partition coefficient (Wildman–Crippen LogP) is 3.72. The monoisotopic (exact) mass is 519 g/mol. The molecule has 0 bridgehead atoms. The van der Waals surface area contributed by atoms with Gasteiger partial charge in [0.25, 0.3) is 0 Å². The van der Waals surface area contributed by atoms with E-state index < -0.39 is 11.8 Å². The molecule has 1 fully saturated rings. The number of nitrogens with zero attached hydrogens (tertiary/aromatic N) is 4. The maximum absolute atomic E-state index is 14.9. The zero-order valence-electron chi connectivity index (χ0n) is 21.5. The van der Waals surface area contributed by atoms with Gasteiger partial charge in [0, 0.05) is 35.3 Å². The van der Waals surface area contributed by atoms with Gasteiger partial charge in [0.15, 0.2) is 5.65 Å². The van der Waals surface area contributed by atoms with Crippen LogP contribution in [0.15, 0.2) is 42.7 Å². The van der Waals surface area contributed by atoms with Crippen LogP contribution < -0.4 is 15.4 Å². The Balaban J connectivity index is 1.47. The van der Waals surface area contributed by atoms with E-state index in [0.717, 1.165) is 23.8 Å². The first kappa shape index (κ1) is 25.6. The number of urea groups is 1. The van der Waals surface area contributed by atoms with Crippen LogP contribution in [0, 0.1) is 12.7 Å². The van der Waals surface area contributed by atoms with Gasteiger partial charge in [-0.25, -0.2) is 19.2 Å². The predicted molar refractivity (Wildman–Crippen MR) is 142 cm³/mol. The second-order valence-electron chi connectivity index (χ2n) is 9.67. The summed E-state index contributed by atoms with van der Waals surface area (Å²) in [6, 6.07) is 8.49. The number of ether oxygens (including phenoxy) is 1. The molecule has 0 saturated heterocycles. The van der Waals surface area contributed by atoms with E-state index in [2.05, 4.69) is 35.7 Å². The van der Waals surface area contributed by atoms with Crippen molar-refractivity contribution in [3.8, 4) is 28.3 Å². The number of fused-ring (bicyclic) bond motifs is 1. The summed E-state index contributed by atoms with van der Waals surface area (Å²) in [5.41, 5.74) is 4.16. The fraction of sp³-hybridized carbons (Fsp3) is 0.333. The minimum absolute atomic E-state index is 0.0597. The first-order chi connectivity index (χ1) is 18.3. The normalized spacial score (nSPS) is 16.9. The number of pyridine rings is 2. The average molecular weight is 520 g/mol. The lowest BCUT2D eigenvalue weighted by molar-refractivity contribution is 0.150. The van der Waals surface area contributed by atoms with Crippen molar-refractivity contribution in [1.29, 1.82) is 0 Å². The van der Waals surface area contributed by atoms with Gasteiger partial charge in [-0.2, -0.15) is 5.10 Å². The molecule has 0 unspecified atom stereocenters. The van der Waals surface area contributed by atoms with E-state index in [1.54, 1.807) is 31.5 Å². The summed E-state index contributed by atoms with van der Waals surface area (Å²) in [7, 11) is 4.03. The zero-order valence-corrected chi connectivity index (χ0v) is 21.5. The largest absolute Gasteiger partial charge is 0.475 e. The van der Waals surface area contributed by atoms with Gasteiger partial charge in [-0.1, -0.05) is 0 Å². The standard InChI is InChI=1S/C27H30FN7O3/c1-15-8-22(28)24(33-27(37)31-17-11-18(12-17)35(2)3)13-20(15)16-9-23(32-25(10-16)38-7-6-36)19-4-5-29-26-21(19)14-30-34-26/h4-5,8-10,13-14,17-18,36H,6-7,11-12H2,1-3H3,(H,29,30,34)(H2,31,33,37). The number of hydrogen-bond acceptors (Lipinski definition) is 7. The maximum Gasteiger partial charge on any atom is 0.319 e. The van der Waals surface area contributed by atoms with Crippen molar-refractivity contribution < 1.29 is 19.0 Å². The number of carbonyl (C=O) groups is 1. The molecule has 198 valence electrons. The van der Waals surface area contributed by atoms with Crippen molar-refractivity contribution in [2.75, 3.05) is 32.6 Å². The molecular formula is C27H30FN7O3. The van der Waals surface area contributed by atoms with Gasteiger partial charge < -0.3 is 25.4 Å². The minimum Gasteiger partial charge on any atom is -0.475 e. The molecule has 4 aromatic rings. The molecule has 3 heterocycles. The third-order valence-electron chi connectivity index (χ3n) is 6.83. The van der Waals surface area contributed by atoms with Gasteiger partial charge in [0.1, 0.15) is 12.4 Å². The lowest BCUT2D eigenvalue weighted by Crippen LogP contribution is -2.52. The van der Waals surface area contributed by atoms with Gasteiger partial charge in [0.05, 0.1) is 24.2 Å². The van der Waals surface area contributed by atoms with Crippen molar-refractivity contribution in [1.82, 2.24) is 30.4 Å². The number of amides is 2. The molecule has 0 aliphatic heterocycles. The Morgan fingerprint density at radius 3 is 2.82 bits per heavy atom. The first-order valence-corrected chi connectivity index (χ1v) is 12.4. The molecule has 5 rings (SSSR count). The third-order valence-corrected chi connectivity index (χ3v) is 6.83. The van der Waals surface area contributed by atoms with Crippen LogP contribution in [0.25, 0.3) is 33.4 Å². The number of aliphatic hydroxyl groups excluding tert-OH is 1. The zero-order chi connectivity index (χ0) is 26.8. The highest BCUT2D eigenvalue weighted by molar-refractivity contribution is 5.93. The Morgan fingerprint density at radius 2 is 2.05 bits per heavy atom. The second-order valence-corrected chi connectivity index (χ2v) is 9.67. The number of aromatic amines is 1. The highest BCUT2D eigenvalue weighted by atomic mass is 19.1. The lowest BCUT2D eigenvalue weighted by Gasteiger charge is -2.39. The van der Waals surface area contributed by atoms with E-state index in [0.29, 0.717) is 40.0 Å². The Bertz CT molecular complexity index is 1470. The summed E-state index contributed by atoms with van der Waals surface area (Å²) in [6.45, 7) is 1.70. The molecular weight excluding hydrogens is 489 g/mol. The number of H-pyrrole nitrogens is 1. The molecule has 1 aliphatic carbocycles. The fourth-order valence-electron chi connectivity index (χ4n) is 4.65. The van der Waals surface area contributed by atoms with Crippen LogP contribution in [0.2, 0.25) is 0 Å². The van der Waals surface area contributed by atoms with Crippen LogP contribution in [-0.4, -0.2) is 75.6 Å². The van der Waals surface area contributed by atoms with E-state index in [1.165, 1.54) is 6.07 Å². The van der Waals surface area contributed by atoms with Crippen LogP contribution in [0.5, 0.6) is 5.88 Å². The van der Waals surface area contributed by atoms with Gasteiger partial charge in [-0.3, -0.25) is 5.10 Å². The highest BCUT2D eigenvalue weighted by Crippen LogP contribution is 2.35. The van der Waals surface area contributed by atoms with Gasteiger partial charge >= 0.3 is 6.03 Å². The number of aromatic nitrogens is 4. The number of benzene rings is 1. The van der Waals surface area contributed by atoms with Crippen molar-refractivity contribution in [3.63, 3.8) is 0 Å². The molecule has 4 N–H and O–H groups in total. The smallest absolute Gasteiger partial charge is 0.319 e. The molecule has 1 aromatic carbocycles. The van der Waals surface area contributed by atoms with Crippen LogP contribution in [0.4, 0.5) is 14.9 Å². The quantitative estimate of drug-likeness (QED) is 0.279. The molecule has 1 saturated carbocycles. The molecule has 0 atom stereocenters. The van der Waals surface area contributed by atoms with E-state index in [4.69, 9.17) is 4.74 Å². The molecule has 38 heavy (non-hydrogen) atoms. The summed E-state index contributed by atoms with van der Waals surface area (Å²) in [4.78, 5) is 23.7. The SMILES string of the molecule is Cc1cc(F)c(NC(=O)NC2CC(N(C)C)C2)cc1-c1cc(OCCO)nc(-c2ccnc3[nH]ncc23)c1. The fourth-order valence-corrected chi connectivity index (χ4v) is 4.65. The van der Waals surface area contributed by atoms with E-state index >= 15 is 0 Å². The summed E-state index contributed by atoms with van der Waals surface area (Å²) in [6.07, 6.45) is 5.05. The molecule has 10 nitrogen and oxygen atoms in total. The lowest BCUT2D eigenvalue weighted by atomic mass is 9.86. The van der Waals surface area contributed by atoms with Crippen molar-refractivity contribution in [3.05, 3.63) is 54.1 Å². The molecule has 1 aliphatic rings. The molecule has 11 heteroatoms. The van der Waals surface area contributed by atoms with E-state index in [-0.39, 0.29) is 24.9 Å². The maximum atomic E-state index is 14.9. The van der Waals surface area contributed by atoms with Crippen molar-refractivity contribution >= 4 is 22.8 Å². The number of aliphatic hydroxyl groups is 1. The molecule has 0 radical (unpaired) electrons. The topological polar surface area (TPSA) is 128 Å². The highest BCUT2D eigenvalue weighted by Gasteiger charge is 2.31. The number of rotatable bonds is 8. The Morgan fingerprint density at radius 1 is 1.24 bits per heavy atom. The van der Waals surface area contributed by atoms with Crippen LogP contribution >= 0.6 is 0 Å². The van der Waals surface area contributed by atoms with Crippen molar-refractivity contribution in [2.24, 2.45) is 0 Å². The Labute approximate surface area is 219 Å². The summed E-state index contributed by atoms with van der Waals surface area (Å²) in [5.74, 6) is -0.224. The Kier molecular flexibility index (Phi) is 7.21. The summed E-state index contributed by atoms with van der Waals surface area (Å²) < 4.78 is 20.6. The van der Waals surface area contributed by atoms with Gasteiger partial charge in [0.2, 0.25) is 5.88 Å². The van der Waals surface area contributed by atoms with E-state index in [9.17, 15) is 14.3 Å². The number of halogens is 1. The van der Waals surface area contributed by atoms with E-state index in [1.807, 2.05) is 26.2 Å².